The van der Waals surface area contributed by atoms with Gasteiger partial charge < -0.3 is 39.7 Å². The first-order chi connectivity index (χ1) is 40.9. The normalized spacial score (nSPS) is 20.5. The number of amides is 2. The van der Waals surface area contributed by atoms with Gasteiger partial charge in [-0.05, 0) is 188 Å². The minimum atomic E-state index is -1.10. The van der Waals surface area contributed by atoms with Crippen molar-refractivity contribution in [2.24, 2.45) is 11.8 Å². The molecule has 4 aliphatic heterocycles. The van der Waals surface area contributed by atoms with E-state index in [0.717, 1.165) is 130 Å². The summed E-state index contributed by atoms with van der Waals surface area (Å²) in [4.78, 5) is 65.8. The van der Waals surface area contributed by atoms with Crippen LogP contribution >= 0.6 is 11.6 Å². The number of carboxylic acid groups (broad SMARTS) is 2. The SMILES string of the molecule is CC(C)(C)OC(=O)N1CC[C@@H]2CN(c3cc(C(=O)O)nc4c3c(C3CCC3)nn4-c3ccccc3)CC[C@@H]21.CC(C)(C)OC(=O)N1CC[C@@H]2CNCC[C@@H]21.CCN(C(C)C)C(C)C.O=C(O)c1cc(Cl)c2c(C3CCC3)nn(-c3ccccc3)c2n1. The number of aromatic carboxylic acids is 2. The van der Waals surface area contributed by atoms with E-state index in [1.807, 2.05) is 117 Å². The zero-order valence-electron chi connectivity index (χ0n) is 52.3. The average Bonchev–Trinajstić information content (AvgIpc) is 1.61. The molecule has 2 aromatic carbocycles. The summed E-state index contributed by atoms with van der Waals surface area (Å²) in [5, 5.41) is 34.5. The first kappa shape index (κ1) is 63.7. The van der Waals surface area contributed by atoms with Gasteiger partial charge in [-0.3, -0.25) is 4.90 Å². The number of piperidine rings is 2. The maximum absolute atomic E-state index is 12.9. The molecule has 2 amide bonds. The lowest BCUT2D eigenvalue weighted by Crippen LogP contribution is -2.48. The molecule has 3 N–H and O–H groups in total. The van der Waals surface area contributed by atoms with Gasteiger partial charge in [0.1, 0.15) is 11.2 Å². The largest absolute Gasteiger partial charge is 0.477 e. The first-order valence-electron chi connectivity index (χ1n) is 31.2. The topological polar surface area (TPSA) is 214 Å². The van der Waals surface area contributed by atoms with E-state index in [0.29, 0.717) is 64.7 Å². The van der Waals surface area contributed by atoms with Gasteiger partial charge in [-0.15, -0.1) is 0 Å². The Balaban J connectivity index is 0.000000156. The molecule has 12 rings (SSSR count). The maximum Gasteiger partial charge on any atom is 0.410 e. The smallest absolute Gasteiger partial charge is 0.410 e. The number of hydrogen-bond acceptors (Lipinski definition) is 13. The highest BCUT2D eigenvalue weighted by atomic mass is 35.5. The van der Waals surface area contributed by atoms with Crippen LogP contribution in [0.5, 0.6) is 0 Å². The molecule has 0 bridgehead atoms. The van der Waals surface area contributed by atoms with Crippen molar-refractivity contribution in [2.45, 2.75) is 188 Å². The molecule has 4 saturated heterocycles. The average molecular weight is 1200 g/mol. The Bertz CT molecular complexity index is 3320. The van der Waals surface area contributed by atoms with Gasteiger partial charge in [0.25, 0.3) is 0 Å². The Morgan fingerprint density at radius 3 is 1.55 bits per heavy atom. The van der Waals surface area contributed by atoms with Crippen LogP contribution in [-0.4, -0.2) is 160 Å². The van der Waals surface area contributed by atoms with Gasteiger partial charge in [0.2, 0.25) is 0 Å². The molecule has 86 heavy (non-hydrogen) atoms. The fraction of sp³-hybridized carbons (Fsp3) is 0.576. The minimum Gasteiger partial charge on any atom is -0.477 e. The molecule has 4 aromatic heterocycles. The Morgan fingerprint density at radius 2 is 1.10 bits per heavy atom. The number of carbonyl (C=O) groups excluding carboxylic acids is 2. The highest BCUT2D eigenvalue weighted by Gasteiger charge is 2.44. The van der Waals surface area contributed by atoms with E-state index in [-0.39, 0.29) is 35.2 Å². The van der Waals surface area contributed by atoms with Crippen molar-refractivity contribution in [2.75, 3.05) is 50.7 Å². The fourth-order valence-corrected chi connectivity index (χ4v) is 13.3. The summed E-state index contributed by atoms with van der Waals surface area (Å²) in [6, 6.07) is 24.4. The Hall–Kier alpha value is -6.83. The zero-order valence-corrected chi connectivity index (χ0v) is 53.0. The summed E-state index contributed by atoms with van der Waals surface area (Å²) >= 11 is 6.38. The number of halogens is 1. The Kier molecular flexibility index (Phi) is 20.0. The highest BCUT2D eigenvalue weighted by Crippen LogP contribution is 2.45. The molecular weight excluding hydrogens is 1110 g/mol. The lowest BCUT2D eigenvalue weighted by atomic mass is 9.81. The molecule has 19 nitrogen and oxygen atoms in total. The van der Waals surface area contributed by atoms with Crippen LogP contribution in [0.3, 0.4) is 0 Å². The van der Waals surface area contributed by atoms with Crippen LogP contribution in [0.1, 0.15) is 185 Å². The van der Waals surface area contributed by atoms with Crippen molar-refractivity contribution < 1.29 is 38.9 Å². The number of aromatic nitrogens is 6. The molecule has 0 radical (unpaired) electrons. The van der Waals surface area contributed by atoms with Crippen LogP contribution in [0.25, 0.3) is 33.4 Å². The van der Waals surface area contributed by atoms with Gasteiger partial charge in [-0.25, -0.2) is 38.5 Å². The number of carbonyl (C=O) groups is 4. The van der Waals surface area contributed by atoms with E-state index in [2.05, 4.69) is 59.7 Å². The summed E-state index contributed by atoms with van der Waals surface area (Å²) in [5.41, 5.74) is 4.67. The van der Waals surface area contributed by atoms with Gasteiger partial charge in [-0.2, -0.15) is 10.2 Å². The van der Waals surface area contributed by atoms with Crippen molar-refractivity contribution in [3.8, 4) is 11.4 Å². The third kappa shape index (κ3) is 14.6. The molecule has 2 aliphatic carbocycles. The van der Waals surface area contributed by atoms with E-state index in [9.17, 15) is 29.4 Å². The zero-order chi connectivity index (χ0) is 61.8. The first-order valence-corrected chi connectivity index (χ1v) is 31.6. The lowest BCUT2D eigenvalue weighted by molar-refractivity contribution is 0.0181. The van der Waals surface area contributed by atoms with Gasteiger partial charge in [-0.1, -0.05) is 67.8 Å². The number of pyridine rings is 2. The number of ether oxygens (including phenoxy) is 2. The van der Waals surface area contributed by atoms with Crippen LogP contribution in [-0.2, 0) is 9.47 Å². The van der Waals surface area contributed by atoms with Crippen molar-refractivity contribution in [1.29, 1.82) is 0 Å². The number of likely N-dealkylation sites (tertiary alicyclic amines) is 2. The summed E-state index contributed by atoms with van der Waals surface area (Å²) in [6.07, 6.45) is 10.2. The molecule has 4 atom stereocenters. The Labute approximate surface area is 511 Å². The number of fused-ring (bicyclic) bond motifs is 4. The molecule has 0 unspecified atom stereocenters. The van der Waals surface area contributed by atoms with E-state index in [1.54, 1.807) is 10.7 Å². The van der Waals surface area contributed by atoms with Gasteiger partial charge in [0.05, 0.1) is 44.2 Å². The number of anilines is 1. The quantitative estimate of drug-likeness (QED) is 0.116. The molecule has 20 heteroatoms. The molecule has 0 spiro atoms. The van der Waals surface area contributed by atoms with Crippen LogP contribution in [0.2, 0.25) is 5.02 Å². The predicted molar refractivity (Wildman–Crippen MR) is 336 cm³/mol. The van der Waals surface area contributed by atoms with Gasteiger partial charge >= 0.3 is 24.1 Å². The molecule has 6 fully saturated rings. The number of rotatable bonds is 10. The van der Waals surface area contributed by atoms with Crippen LogP contribution in [0, 0.1) is 11.8 Å². The van der Waals surface area contributed by atoms with E-state index >= 15 is 0 Å². The molecule has 8 heterocycles. The third-order valence-electron chi connectivity index (χ3n) is 17.5. The van der Waals surface area contributed by atoms with Crippen LogP contribution < -0.4 is 10.2 Å². The number of para-hydroxylation sites is 2. The highest BCUT2D eigenvalue weighted by molar-refractivity contribution is 6.35. The molecule has 2 saturated carbocycles. The van der Waals surface area contributed by atoms with Crippen molar-refractivity contribution in [3.05, 3.63) is 101 Å². The second-order valence-electron chi connectivity index (χ2n) is 26.4. The summed E-state index contributed by atoms with van der Waals surface area (Å²) in [7, 11) is 0. The number of benzene rings is 2. The monoisotopic (exact) mass is 1200 g/mol. The van der Waals surface area contributed by atoms with E-state index < -0.39 is 17.5 Å². The van der Waals surface area contributed by atoms with Crippen molar-refractivity contribution >= 4 is 63.5 Å². The fourth-order valence-electron chi connectivity index (χ4n) is 13.0. The third-order valence-corrected chi connectivity index (χ3v) is 17.8. The van der Waals surface area contributed by atoms with Crippen molar-refractivity contribution in [1.82, 2.24) is 49.5 Å². The summed E-state index contributed by atoms with van der Waals surface area (Å²) in [5.74, 6) is -0.501. The molecule has 6 aliphatic rings. The second-order valence-corrected chi connectivity index (χ2v) is 26.8. The summed E-state index contributed by atoms with van der Waals surface area (Å²) < 4.78 is 14.6. The maximum atomic E-state index is 12.9. The van der Waals surface area contributed by atoms with Crippen LogP contribution in [0.15, 0.2) is 72.8 Å². The van der Waals surface area contributed by atoms with Crippen LogP contribution in [0.4, 0.5) is 15.3 Å². The van der Waals surface area contributed by atoms with E-state index in [1.165, 1.54) is 18.9 Å². The number of nitrogens with zero attached hydrogens (tertiary/aromatic N) is 10. The van der Waals surface area contributed by atoms with E-state index in [4.69, 9.17) is 31.3 Å². The van der Waals surface area contributed by atoms with Gasteiger partial charge in [0.15, 0.2) is 22.7 Å². The van der Waals surface area contributed by atoms with Gasteiger partial charge in [0, 0.05) is 62.2 Å². The second kappa shape index (κ2) is 27.1. The van der Waals surface area contributed by atoms with Crippen molar-refractivity contribution in [3.63, 3.8) is 0 Å². The molecule has 6 aromatic rings. The minimum absolute atomic E-state index is 0.0219. The number of nitrogens with one attached hydrogen (secondary N) is 1. The molecular formula is C66H90ClN11O8. The lowest BCUT2D eigenvalue weighted by Gasteiger charge is -2.39. The Morgan fingerprint density at radius 1 is 0.640 bits per heavy atom. The number of hydrogen-bond donors (Lipinski definition) is 3. The standard InChI is InChI=1S/C29H35N5O4.C17H14ClN3O2.C12H22N2O2.C8H19N/c1-29(2,3)38-28(37)33-15-12-19-17-32(14-13-22(19)33)23-16-21(27(35)36)30-26-24(23)25(18-8-7-9-18)31-34(26)20-10-5-4-6-11-20;18-12-9-13(17(22)23)19-16-14(12)15(10-5-4-6-10)20-21(16)11-7-2-1-3-8-11;1-12(2,3)16-11(15)14-7-5-9-8-13-6-4-10(9)14;1-6-9(7(2)3)8(4)5/h4-6,10-11,16,18-19,22H,7-9,12-15,17H2,1-3H3,(H,35,36);1-3,7-10H,4-6H2,(H,22,23);9-10,13H,4-8H2,1-3H3;7-8H,6H2,1-5H3/t19-,22+;;9-,10+;/m1.1./s1. The number of carboxylic acids is 2. The summed E-state index contributed by atoms with van der Waals surface area (Å²) in [6.45, 7) is 28.8. The molecule has 464 valence electrons. The predicted octanol–water partition coefficient (Wildman–Crippen LogP) is 13.0.